The van der Waals surface area contributed by atoms with E-state index in [4.69, 9.17) is 14.5 Å². The number of alkyl carbamates (subject to hydrolysis) is 1. The maximum atomic E-state index is 14.5. The second-order valence-corrected chi connectivity index (χ2v) is 15.4. The number of likely N-dealkylation sites (N-methyl/N-ethyl adjacent to an activating group) is 1. The van der Waals surface area contributed by atoms with Crippen LogP contribution in [0.4, 0.5) is 15.3 Å². The van der Waals surface area contributed by atoms with Crippen molar-refractivity contribution in [2.75, 3.05) is 20.2 Å². The summed E-state index contributed by atoms with van der Waals surface area (Å²) in [5.74, 6) is -0.269. The number of hydroxylamine groups is 2. The van der Waals surface area contributed by atoms with E-state index in [1.807, 2.05) is 68.6 Å². The summed E-state index contributed by atoms with van der Waals surface area (Å²) in [6, 6.07) is 20.1. The van der Waals surface area contributed by atoms with Gasteiger partial charge in [-0.3, -0.25) is 14.3 Å². The average molecular weight is 751 g/mol. The number of ether oxygens (including phenoxy) is 2. The molecule has 0 spiro atoms. The maximum Gasteiger partial charge on any atom is 0.411 e. The molecule has 4 unspecified atom stereocenters. The number of methoxy groups -OCH3 is 1. The molecular formula is C42H50N6O7. The number of hydrogen-bond donors (Lipinski definition) is 2. The predicted octanol–water partition coefficient (Wildman–Crippen LogP) is 7.63. The number of carbonyl (C=O) groups is 4. The van der Waals surface area contributed by atoms with Crippen molar-refractivity contribution < 1.29 is 28.7 Å². The summed E-state index contributed by atoms with van der Waals surface area (Å²) in [6.45, 7) is 11.4. The Kier molecular flexibility index (Phi) is 11.2. The lowest BCUT2D eigenvalue weighted by Crippen LogP contribution is -2.54. The van der Waals surface area contributed by atoms with E-state index in [2.05, 4.69) is 10.3 Å². The minimum Gasteiger partial charge on any atom is -0.620 e. The molecule has 55 heavy (non-hydrogen) atoms. The highest BCUT2D eigenvalue weighted by Crippen LogP contribution is 2.40. The molecule has 13 nitrogen and oxygen atoms in total. The Morgan fingerprint density at radius 1 is 0.964 bits per heavy atom. The maximum absolute atomic E-state index is 14.5. The van der Waals surface area contributed by atoms with Gasteiger partial charge in [0.25, 0.3) is 0 Å². The van der Waals surface area contributed by atoms with Gasteiger partial charge in [0.1, 0.15) is 23.2 Å². The lowest BCUT2D eigenvalue weighted by Gasteiger charge is -2.41. The number of rotatable bonds is 9. The van der Waals surface area contributed by atoms with Crippen LogP contribution in [0.1, 0.15) is 83.4 Å². The first-order chi connectivity index (χ1) is 26.1. The zero-order valence-electron chi connectivity index (χ0n) is 32.5. The molecule has 0 aliphatic carbocycles. The minimum absolute atomic E-state index is 0.0607. The fraction of sp³-hybridized carbons (Fsp3) is 0.405. The van der Waals surface area contributed by atoms with E-state index in [-0.39, 0.29) is 36.6 Å². The van der Waals surface area contributed by atoms with Crippen molar-refractivity contribution in [3.05, 3.63) is 101 Å². The zero-order chi connectivity index (χ0) is 39.7. The van der Waals surface area contributed by atoms with Crippen LogP contribution in [0.2, 0.25) is 0 Å². The van der Waals surface area contributed by atoms with Crippen LogP contribution in [-0.2, 0) is 25.6 Å². The molecular weight excluding hydrogens is 700 g/mol. The molecule has 1 aromatic heterocycles. The summed E-state index contributed by atoms with van der Waals surface area (Å²) in [5, 5.41) is 17.2. The van der Waals surface area contributed by atoms with Crippen LogP contribution in [0.5, 0.6) is 0 Å². The topological polar surface area (TPSA) is 157 Å². The number of likely N-dealkylation sites (tertiary alicyclic amines) is 1. The van der Waals surface area contributed by atoms with Crippen molar-refractivity contribution in [2.45, 2.75) is 84.7 Å². The number of aromatic nitrogens is 2. The highest BCUT2D eigenvalue weighted by molar-refractivity contribution is 5.97. The monoisotopic (exact) mass is 750 g/mol. The Balaban J connectivity index is 1.18. The van der Waals surface area contributed by atoms with Gasteiger partial charge in [0.05, 0.1) is 31.9 Å². The number of carbonyl (C=O) groups excluding carboxylic acids is 4. The van der Waals surface area contributed by atoms with E-state index in [0.717, 1.165) is 40.8 Å². The first-order valence-electron chi connectivity index (χ1n) is 18.8. The van der Waals surface area contributed by atoms with Gasteiger partial charge in [-0.05, 0) is 80.8 Å². The molecule has 0 radical (unpaired) electrons. The number of benzene rings is 3. The van der Waals surface area contributed by atoms with Gasteiger partial charge in [-0.25, -0.2) is 19.4 Å². The molecule has 2 N–H and O–H groups in total. The fourth-order valence-corrected chi connectivity index (χ4v) is 7.38. The number of fused-ring (bicyclic) bond motifs is 1. The fourth-order valence-electron chi connectivity index (χ4n) is 7.38. The van der Waals surface area contributed by atoms with Crippen LogP contribution in [0.25, 0.3) is 22.4 Å². The van der Waals surface area contributed by atoms with E-state index in [1.165, 1.54) is 12.0 Å². The van der Waals surface area contributed by atoms with Crippen molar-refractivity contribution in [1.82, 2.24) is 29.7 Å². The van der Waals surface area contributed by atoms with Crippen LogP contribution < -0.4 is 9.96 Å². The smallest absolute Gasteiger partial charge is 0.411 e. The summed E-state index contributed by atoms with van der Waals surface area (Å²) >= 11 is 0. The molecule has 2 aliphatic heterocycles. The van der Waals surface area contributed by atoms with Gasteiger partial charge in [0.2, 0.25) is 5.91 Å². The molecule has 1 fully saturated rings. The third-order valence-electron chi connectivity index (χ3n) is 10.3. The van der Waals surface area contributed by atoms with Crippen LogP contribution in [0.3, 0.4) is 0 Å². The quantitative estimate of drug-likeness (QED) is 0.131. The van der Waals surface area contributed by atoms with Gasteiger partial charge in [0, 0.05) is 30.4 Å². The molecule has 4 atom stereocenters. The summed E-state index contributed by atoms with van der Waals surface area (Å²) < 4.78 is 9.14. The zero-order valence-corrected chi connectivity index (χ0v) is 32.5. The van der Waals surface area contributed by atoms with Gasteiger partial charge in [-0.15, -0.1) is 0 Å². The second kappa shape index (κ2) is 15.7. The Morgan fingerprint density at radius 3 is 2.22 bits per heavy atom. The number of nitrogens with one attached hydrogen (secondary N) is 2. The molecule has 0 bridgehead atoms. The van der Waals surface area contributed by atoms with E-state index in [9.17, 15) is 24.4 Å². The lowest BCUT2D eigenvalue weighted by molar-refractivity contribution is -0.135. The molecule has 2 aliphatic rings. The van der Waals surface area contributed by atoms with E-state index >= 15 is 0 Å². The SMILES string of the molecule is CC[N+]([O-])(C(=O)C1c2ccccc2CN1C(=O)OC(C)(C)C)c1ccc(-c2ccc(-c3c[nH]c(C4CCCN4C(=O)C(NC(=O)OC)C(C)C)n3)cc2)cc1. The number of nitrogens with zero attached hydrogens (tertiary/aromatic N) is 4. The summed E-state index contributed by atoms with van der Waals surface area (Å²) in [5.41, 5.74) is 4.31. The lowest BCUT2D eigenvalue weighted by atomic mass is 10.0. The summed E-state index contributed by atoms with van der Waals surface area (Å²) in [7, 11) is 1.28. The van der Waals surface area contributed by atoms with E-state index in [1.54, 1.807) is 56.9 Å². The summed E-state index contributed by atoms with van der Waals surface area (Å²) in [4.78, 5) is 64.3. The van der Waals surface area contributed by atoms with Crippen molar-refractivity contribution in [3.8, 4) is 22.4 Å². The van der Waals surface area contributed by atoms with Gasteiger partial charge in [-0.2, -0.15) is 0 Å². The van der Waals surface area contributed by atoms with E-state index in [0.29, 0.717) is 17.9 Å². The Labute approximate surface area is 321 Å². The molecule has 6 rings (SSSR count). The van der Waals surface area contributed by atoms with Crippen LogP contribution in [-0.4, -0.2) is 75.6 Å². The Morgan fingerprint density at radius 2 is 1.60 bits per heavy atom. The average Bonchev–Trinajstić information content (AvgIpc) is 3.94. The third-order valence-corrected chi connectivity index (χ3v) is 10.3. The number of quaternary nitrogens is 1. The second-order valence-electron chi connectivity index (χ2n) is 15.4. The van der Waals surface area contributed by atoms with Gasteiger partial charge < -0.3 is 29.9 Å². The van der Waals surface area contributed by atoms with Crippen molar-refractivity contribution in [2.24, 2.45) is 5.92 Å². The molecule has 3 heterocycles. The first-order valence-corrected chi connectivity index (χ1v) is 18.8. The molecule has 3 aromatic carbocycles. The van der Waals surface area contributed by atoms with Crippen LogP contribution in [0.15, 0.2) is 79.0 Å². The highest BCUT2D eigenvalue weighted by Gasteiger charge is 2.47. The van der Waals surface area contributed by atoms with Gasteiger partial charge in [0.15, 0.2) is 6.04 Å². The number of amides is 4. The van der Waals surface area contributed by atoms with Crippen LogP contribution in [0, 0.1) is 11.1 Å². The van der Waals surface area contributed by atoms with Gasteiger partial charge >= 0.3 is 18.1 Å². The van der Waals surface area contributed by atoms with Gasteiger partial charge in [-0.1, -0.05) is 62.4 Å². The van der Waals surface area contributed by atoms with Crippen LogP contribution >= 0.6 is 0 Å². The standard InChI is InChI=1S/C42H50N6O7/c1-8-48(53,39(50)36-32-13-10-9-12-30(32)25-47(36)41(52)55-42(4,5)6)31-21-19-28(20-22-31)27-15-17-29(18-16-27)33-24-43-37(44-33)34-14-11-23-46(34)38(49)35(26(2)3)45-40(51)54-7/h9-10,12-13,15-22,24,26,34-36H,8,11,14,23,25H2,1-7H3,(H,43,44)(H,45,51). The third kappa shape index (κ3) is 7.99. The minimum atomic E-state index is -1.25. The Hall–Kier alpha value is -5.53. The first kappa shape index (κ1) is 39.2. The molecule has 290 valence electrons. The Bertz CT molecular complexity index is 2040. The summed E-state index contributed by atoms with van der Waals surface area (Å²) in [6.07, 6.45) is 2.11. The number of imidazole rings is 1. The normalized spacial score (nSPS) is 18.4. The largest absolute Gasteiger partial charge is 0.620 e. The highest BCUT2D eigenvalue weighted by atomic mass is 16.6. The van der Waals surface area contributed by atoms with E-state index < -0.39 is 40.4 Å². The van der Waals surface area contributed by atoms with Crippen molar-refractivity contribution >= 4 is 29.7 Å². The molecule has 0 saturated carbocycles. The molecule has 4 amide bonds. The van der Waals surface area contributed by atoms with Crippen molar-refractivity contribution in [3.63, 3.8) is 0 Å². The molecule has 1 saturated heterocycles. The molecule has 4 aromatic rings. The number of aromatic amines is 1. The van der Waals surface area contributed by atoms with Crippen molar-refractivity contribution in [1.29, 1.82) is 0 Å². The number of hydrogen-bond acceptors (Lipinski definition) is 8. The molecule has 13 heteroatoms. The number of H-pyrrole nitrogens is 1. The predicted molar refractivity (Wildman–Crippen MR) is 209 cm³/mol.